The normalized spacial score (nSPS) is 18.0. The fourth-order valence-corrected chi connectivity index (χ4v) is 1.47. The second-order valence-corrected chi connectivity index (χ2v) is 3.07. The molecule has 3 rings (SSSR count). The maximum atomic E-state index is 5.65. The van der Waals surface area contributed by atoms with Gasteiger partial charge in [0.25, 0.3) is 6.10 Å². The van der Waals surface area contributed by atoms with Gasteiger partial charge in [-0.3, -0.25) is 0 Å². The Morgan fingerprint density at radius 3 is 3.19 bits per heavy atom. The van der Waals surface area contributed by atoms with Crippen LogP contribution in [0.3, 0.4) is 0 Å². The molecular weight excluding hydrogens is 590 g/mol. The van der Waals surface area contributed by atoms with E-state index in [1.165, 1.54) is 0 Å². The van der Waals surface area contributed by atoms with Gasteiger partial charge in [0.1, 0.15) is 11.6 Å². The minimum absolute atomic E-state index is 0. The van der Waals surface area contributed by atoms with Crippen molar-refractivity contribution in [3.63, 3.8) is 0 Å². The van der Waals surface area contributed by atoms with E-state index in [0.29, 0.717) is 0 Å². The van der Waals surface area contributed by atoms with Crippen LogP contribution in [0, 0.1) is 18.3 Å². The van der Waals surface area contributed by atoms with Crippen molar-refractivity contribution in [1.29, 1.82) is 0 Å². The van der Waals surface area contributed by atoms with Gasteiger partial charge in [-0.25, -0.2) is 4.42 Å². The van der Waals surface area contributed by atoms with Crippen LogP contribution in [0.25, 0.3) is 0 Å². The molecule has 0 atom stereocenters. The quantitative estimate of drug-likeness (QED) is 0.174. The molecule has 0 saturated carbocycles. The van der Waals surface area contributed by atoms with E-state index >= 15 is 0 Å². The third kappa shape index (κ3) is 2.50. The van der Waals surface area contributed by atoms with Gasteiger partial charge >= 0.3 is 5.78 Å². The maximum Gasteiger partial charge on any atom is 0.436 e. The van der Waals surface area contributed by atoms with Crippen LogP contribution in [0.15, 0.2) is 53.3 Å². The Labute approximate surface area is 139 Å². The standard InChI is InChI=1S/C13H6O.2Bi.4H2/c1-3-7-12-10(5-1)9-11-6-2-4-8-13(11)14-12;;;;;;/h1-2,5-8H;;;4*1H. The second-order valence-electron chi connectivity index (χ2n) is 3.07. The van der Waals surface area contributed by atoms with E-state index in [4.69, 9.17) is 4.42 Å². The topological polar surface area (TPSA) is 11.3 Å². The summed E-state index contributed by atoms with van der Waals surface area (Å²) >= 11 is 0. The van der Waals surface area contributed by atoms with Gasteiger partial charge in [-0.1, -0.05) is 6.08 Å². The molecule has 1 nitrogen and oxygen atoms in total. The number of ketones is 1. The molecule has 3 aliphatic rings. The van der Waals surface area contributed by atoms with Crippen molar-refractivity contribution in [2.24, 2.45) is 0 Å². The first kappa shape index (κ1) is 13.8. The fourth-order valence-electron chi connectivity index (χ4n) is 1.47. The van der Waals surface area contributed by atoms with Crippen LogP contribution >= 0.6 is 0 Å². The van der Waals surface area contributed by atoms with Gasteiger partial charge < -0.3 is 0 Å². The molecule has 1 aliphatic heterocycles. The molecule has 0 fully saturated rings. The molecule has 0 unspecified atom stereocenters. The number of carbonyl (C=O) groups excluding carboxylic acids is 1. The smallest absolute Gasteiger partial charge is 0.219 e. The average molecular weight is 604 g/mol. The van der Waals surface area contributed by atoms with E-state index in [-0.39, 0.29) is 58.1 Å². The second kappa shape index (κ2) is 5.86. The van der Waals surface area contributed by atoms with Crippen LogP contribution in [-0.2, 0) is 4.42 Å². The molecule has 0 aromatic heterocycles. The van der Waals surface area contributed by atoms with Gasteiger partial charge in [0.2, 0.25) is 6.08 Å². The first-order chi connectivity index (χ1) is 6.93. The van der Waals surface area contributed by atoms with Crippen LogP contribution in [0.2, 0.25) is 0 Å². The van der Waals surface area contributed by atoms with Crippen molar-refractivity contribution < 1.29 is 10.1 Å². The molecule has 0 spiro atoms. The van der Waals surface area contributed by atoms with E-state index in [1.807, 2.05) is 36.5 Å². The summed E-state index contributed by atoms with van der Waals surface area (Å²) in [6.45, 7) is 0. The zero-order valence-corrected chi connectivity index (χ0v) is 15.2. The van der Waals surface area contributed by atoms with Gasteiger partial charge in [0, 0.05) is 76.3 Å². The number of rotatable bonds is 0. The van der Waals surface area contributed by atoms with Gasteiger partial charge in [-0.2, -0.15) is 12.2 Å². The average Bonchev–Trinajstić information content (AvgIpc) is 2.26. The van der Waals surface area contributed by atoms with Crippen molar-refractivity contribution in [2.75, 3.05) is 0 Å². The number of allylic oxidation sites excluding steroid dienone is 6. The summed E-state index contributed by atoms with van der Waals surface area (Å²) in [6, 6.07) is 0. The Bertz CT molecular complexity index is 512. The number of hydrogen-bond acceptors (Lipinski definition) is 0. The van der Waals surface area contributed by atoms with Crippen molar-refractivity contribution >= 4 is 58.2 Å². The summed E-state index contributed by atoms with van der Waals surface area (Å²) < 4.78 is 5.65. The zero-order chi connectivity index (χ0) is 9.38. The Balaban J connectivity index is -0.000000213. The molecule has 1 heterocycles. The number of hydrogen-bond donors (Lipinski definition) is 0. The maximum absolute atomic E-state index is 5.65. The van der Waals surface area contributed by atoms with Crippen LogP contribution in [0.1, 0.15) is 5.71 Å². The zero-order valence-electron chi connectivity index (χ0n) is 8.27. The Kier molecular flexibility index (Phi) is 5.04. The third-order valence-corrected chi connectivity index (χ3v) is 2.14. The van der Waals surface area contributed by atoms with Crippen LogP contribution in [0.5, 0.6) is 0 Å². The Morgan fingerprint density at radius 2 is 2.31 bits per heavy atom. The molecule has 0 saturated heterocycles. The molecule has 0 bridgehead atoms. The third-order valence-electron chi connectivity index (χ3n) is 2.14. The molecule has 0 N–H and O–H groups in total. The van der Waals surface area contributed by atoms with E-state index in [1.54, 1.807) is 0 Å². The molecule has 16 heavy (non-hydrogen) atoms. The van der Waals surface area contributed by atoms with Crippen molar-refractivity contribution in [1.82, 2.24) is 0 Å². The molecule has 82 valence electrons. The SMILES string of the molecule is C1=CC=C2[C-]=C3C=C[C+]=CC3=[O+][C-]2C=1.[Bi].[Bi].[HH].[HH].[HH].[HH]. The summed E-state index contributed by atoms with van der Waals surface area (Å²) in [7, 11) is 0. The van der Waals surface area contributed by atoms with E-state index < -0.39 is 0 Å². The summed E-state index contributed by atoms with van der Waals surface area (Å²) in [6.07, 6.45) is 18.3. The van der Waals surface area contributed by atoms with E-state index in [9.17, 15) is 0 Å². The minimum atomic E-state index is 0. The van der Waals surface area contributed by atoms with E-state index in [2.05, 4.69) is 17.9 Å². The van der Waals surface area contributed by atoms with Gasteiger partial charge in [-0.15, -0.1) is 11.3 Å². The van der Waals surface area contributed by atoms with Crippen molar-refractivity contribution in [2.45, 2.75) is 0 Å². The summed E-state index contributed by atoms with van der Waals surface area (Å²) in [4.78, 5) is 0. The molecule has 6 radical (unpaired) electrons. The van der Waals surface area contributed by atoms with Crippen LogP contribution < -0.4 is 0 Å². The molecule has 0 aromatic carbocycles. The van der Waals surface area contributed by atoms with Crippen molar-refractivity contribution in [3.8, 4) is 0 Å². The van der Waals surface area contributed by atoms with Gasteiger partial charge in [-0.05, 0) is 0 Å². The first-order valence-corrected chi connectivity index (χ1v) is 4.38. The van der Waals surface area contributed by atoms with Gasteiger partial charge in [0.05, 0.1) is 0 Å². The predicted octanol–water partition coefficient (Wildman–Crippen LogP) is 2.17. The number of fused-ring (bicyclic) bond motifs is 2. The summed E-state index contributed by atoms with van der Waals surface area (Å²) in [5.74, 6) is 0.805. The summed E-state index contributed by atoms with van der Waals surface area (Å²) in [5.41, 5.74) is 4.93. The molecule has 0 aromatic rings. The monoisotopic (exact) mass is 604 g/mol. The molecule has 0 amide bonds. The molecule has 3 heteroatoms. The van der Waals surface area contributed by atoms with Gasteiger partial charge in [0.15, 0.2) is 0 Å². The first-order valence-electron chi connectivity index (χ1n) is 4.38. The van der Waals surface area contributed by atoms with E-state index in [0.717, 1.165) is 23.0 Å². The Morgan fingerprint density at radius 1 is 1.44 bits per heavy atom. The Hall–Kier alpha value is -0.304. The minimum Gasteiger partial charge on any atom is -0.219 e. The van der Waals surface area contributed by atoms with Crippen LogP contribution in [-0.4, -0.2) is 58.2 Å². The predicted molar refractivity (Wildman–Crippen MR) is 72.7 cm³/mol. The largest absolute Gasteiger partial charge is 0.436 e. The van der Waals surface area contributed by atoms with Crippen molar-refractivity contribution in [3.05, 3.63) is 71.6 Å². The molecular formula is C13H14Bi2O. The van der Waals surface area contributed by atoms with Crippen LogP contribution in [0.4, 0.5) is 0 Å². The summed E-state index contributed by atoms with van der Waals surface area (Å²) in [5, 5.41) is 0. The fraction of sp³-hybridized carbons (Fsp3) is 0. The molecule has 2 aliphatic carbocycles.